The Morgan fingerprint density at radius 1 is 0.724 bits per heavy atom. The normalized spacial score (nSPS) is 10.9. The standard InChI is InChI=1S/C25H44OS2.Ca.2H/c1-4-6-8-10-12-14-16-27-20-23-18-22(3)25(26)24(19-23)21-28-17-15-13-11-9-7-5-2;;;/h18-19,26H,4-17,20-21H2,1-3H3;;;/q;+2;2*-1. The van der Waals surface area contributed by atoms with Crippen molar-refractivity contribution in [2.24, 2.45) is 0 Å². The van der Waals surface area contributed by atoms with Crippen molar-refractivity contribution in [3.8, 4) is 5.75 Å². The fraction of sp³-hybridized carbons (Fsp3) is 0.760. The number of rotatable bonds is 18. The third-order valence-electron chi connectivity index (χ3n) is 5.25. The molecule has 0 spiro atoms. The van der Waals surface area contributed by atoms with E-state index in [-0.39, 0.29) is 40.6 Å². The molecule has 29 heavy (non-hydrogen) atoms. The van der Waals surface area contributed by atoms with Gasteiger partial charge in [0.25, 0.3) is 0 Å². The summed E-state index contributed by atoms with van der Waals surface area (Å²) in [4.78, 5) is 0. The summed E-state index contributed by atoms with van der Waals surface area (Å²) < 4.78 is 0. The molecule has 0 aliphatic carbocycles. The van der Waals surface area contributed by atoms with Crippen molar-refractivity contribution in [2.45, 2.75) is 109 Å². The van der Waals surface area contributed by atoms with E-state index >= 15 is 0 Å². The Kier molecular flexibility index (Phi) is 21.6. The second kappa shape index (κ2) is 20.9. The van der Waals surface area contributed by atoms with E-state index in [1.807, 2.05) is 30.4 Å². The molecule has 1 aromatic rings. The van der Waals surface area contributed by atoms with Crippen LogP contribution in [-0.2, 0) is 11.5 Å². The van der Waals surface area contributed by atoms with Crippen molar-refractivity contribution in [1.82, 2.24) is 0 Å². The minimum absolute atomic E-state index is 0. The summed E-state index contributed by atoms with van der Waals surface area (Å²) in [7, 11) is 0. The molecule has 0 amide bonds. The molecule has 1 nitrogen and oxygen atoms in total. The molecular weight excluding hydrogens is 420 g/mol. The molecule has 0 bridgehead atoms. The number of unbranched alkanes of at least 4 members (excludes halogenated alkanes) is 10. The van der Waals surface area contributed by atoms with E-state index in [1.165, 1.54) is 94.1 Å². The maximum Gasteiger partial charge on any atom is 2.00 e. The molecule has 1 N–H and O–H groups in total. The zero-order chi connectivity index (χ0) is 20.5. The van der Waals surface area contributed by atoms with E-state index in [0.717, 1.165) is 22.6 Å². The maximum atomic E-state index is 10.4. The molecule has 4 heteroatoms. The molecule has 0 aliphatic heterocycles. The van der Waals surface area contributed by atoms with Crippen molar-refractivity contribution in [1.29, 1.82) is 0 Å². The van der Waals surface area contributed by atoms with Crippen molar-refractivity contribution < 1.29 is 7.96 Å². The number of phenols is 1. The molecule has 0 atom stereocenters. The van der Waals surface area contributed by atoms with Crippen LogP contribution in [0.1, 0.15) is 110 Å². The number of aromatic hydroxyl groups is 1. The van der Waals surface area contributed by atoms with Crippen LogP contribution < -0.4 is 0 Å². The number of hydrogen-bond acceptors (Lipinski definition) is 3. The second-order valence-electron chi connectivity index (χ2n) is 8.06. The summed E-state index contributed by atoms with van der Waals surface area (Å²) in [5, 5.41) is 10.4. The summed E-state index contributed by atoms with van der Waals surface area (Å²) in [5.74, 6) is 5.00. The van der Waals surface area contributed by atoms with E-state index in [0.29, 0.717) is 5.75 Å². The van der Waals surface area contributed by atoms with Gasteiger partial charge in [-0.15, -0.1) is 0 Å². The van der Waals surface area contributed by atoms with E-state index < -0.39 is 0 Å². The van der Waals surface area contributed by atoms with Crippen LogP contribution in [0.2, 0.25) is 0 Å². The fourth-order valence-corrected chi connectivity index (χ4v) is 5.42. The first kappa shape index (κ1) is 30.0. The SMILES string of the molecule is CCCCCCCCSCc1cc(C)c(O)c(CSCCCCCCCC)c1.[Ca+2].[H-].[H-]. The molecule has 0 saturated carbocycles. The first-order valence-electron chi connectivity index (χ1n) is 11.7. The Hall–Kier alpha value is 0.980. The van der Waals surface area contributed by atoms with Gasteiger partial charge < -0.3 is 7.96 Å². The van der Waals surface area contributed by atoms with E-state index in [9.17, 15) is 5.11 Å². The Morgan fingerprint density at radius 3 is 1.76 bits per heavy atom. The van der Waals surface area contributed by atoms with Gasteiger partial charge in [-0.1, -0.05) is 90.2 Å². The number of hydrogen-bond donors (Lipinski definition) is 1. The predicted octanol–water partition coefficient (Wildman–Crippen LogP) is 8.73. The molecule has 0 fully saturated rings. The minimum Gasteiger partial charge on any atom is -1.00 e. The summed E-state index contributed by atoms with van der Waals surface area (Å²) >= 11 is 4.02. The Balaban J connectivity index is -0.00000261. The van der Waals surface area contributed by atoms with Crippen LogP contribution in [0, 0.1) is 6.92 Å². The molecule has 0 aliphatic rings. The third kappa shape index (κ3) is 15.4. The van der Waals surface area contributed by atoms with Gasteiger partial charge in [-0.25, -0.2) is 0 Å². The molecule has 1 rings (SSSR count). The van der Waals surface area contributed by atoms with Crippen LogP contribution in [-0.4, -0.2) is 54.4 Å². The van der Waals surface area contributed by atoms with E-state index in [4.69, 9.17) is 0 Å². The summed E-state index contributed by atoms with van der Waals surface area (Å²) in [6.45, 7) is 6.58. The Labute approximate surface area is 222 Å². The van der Waals surface area contributed by atoms with Crippen LogP contribution in [0.25, 0.3) is 0 Å². The van der Waals surface area contributed by atoms with Gasteiger partial charge in [0, 0.05) is 17.1 Å². The molecule has 1 aromatic carbocycles. The Morgan fingerprint density at radius 2 is 1.21 bits per heavy atom. The van der Waals surface area contributed by atoms with Crippen LogP contribution in [0.4, 0.5) is 0 Å². The van der Waals surface area contributed by atoms with Gasteiger partial charge in [0.15, 0.2) is 0 Å². The number of aryl methyl sites for hydroxylation is 1. The zero-order valence-electron chi connectivity index (χ0n) is 21.4. The monoisotopic (exact) mass is 466 g/mol. The van der Waals surface area contributed by atoms with Gasteiger partial charge in [-0.2, -0.15) is 23.5 Å². The fourth-order valence-electron chi connectivity index (χ4n) is 3.47. The van der Waals surface area contributed by atoms with Gasteiger partial charge in [0.05, 0.1) is 0 Å². The predicted molar refractivity (Wildman–Crippen MR) is 140 cm³/mol. The average molecular weight is 467 g/mol. The van der Waals surface area contributed by atoms with Gasteiger partial charge in [-0.05, 0) is 42.4 Å². The second-order valence-corrected chi connectivity index (χ2v) is 10.3. The van der Waals surface area contributed by atoms with Crippen molar-refractivity contribution in [2.75, 3.05) is 11.5 Å². The topological polar surface area (TPSA) is 20.2 Å². The summed E-state index contributed by atoms with van der Waals surface area (Å²) in [6, 6.07) is 4.41. The van der Waals surface area contributed by atoms with Crippen LogP contribution in [0.5, 0.6) is 5.75 Å². The smallest absolute Gasteiger partial charge is 1.00 e. The first-order valence-corrected chi connectivity index (χ1v) is 14.0. The van der Waals surface area contributed by atoms with E-state index in [2.05, 4.69) is 26.0 Å². The van der Waals surface area contributed by atoms with Crippen LogP contribution >= 0.6 is 23.5 Å². The number of phenolic OH excluding ortho intramolecular Hbond substituents is 1. The van der Waals surface area contributed by atoms with Crippen molar-refractivity contribution >= 4 is 61.3 Å². The quantitative estimate of drug-likeness (QED) is 0.172. The molecular formula is C25H46CaOS2. The number of thioether (sulfide) groups is 2. The van der Waals surface area contributed by atoms with Crippen LogP contribution in [0.15, 0.2) is 12.1 Å². The van der Waals surface area contributed by atoms with E-state index in [1.54, 1.807) is 0 Å². The first-order chi connectivity index (χ1) is 13.7. The summed E-state index contributed by atoms with van der Waals surface area (Å²) in [5.41, 5.74) is 3.54. The third-order valence-corrected chi connectivity index (χ3v) is 7.46. The zero-order valence-corrected chi connectivity index (χ0v) is 23.3. The molecule has 0 heterocycles. The molecule has 0 aromatic heterocycles. The minimum atomic E-state index is 0. The van der Waals surface area contributed by atoms with Crippen LogP contribution in [0.3, 0.4) is 0 Å². The molecule has 0 radical (unpaired) electrons. The van der Waals surface area contributed by atoms with Crippen molar-refractivity contribution in [3.05, 3.63) is 28.8 Å². The van der Waals surface area contributed by atoms with Crippen molar-refractivity contribution in [3.63, 3.8) is 0 Å². The van der Waals surface area contributed by atoms with Gasteiger partial charge in [0.1, 0.15) is 5.75 Å². The molecule has 166 valence electrons. The largest absolute Gasteiger partial charge is 2.00 e. The summed E-state index contributed by atoms with van der Waals surface area (Å²) in [6.07, 6.45) is 16.4. The number of benzene rings is 1. The van der Waals surface area contributed by atoms with Gasteiger partial charge in [-0.3, -0.25) is 0 Å². The van der Waals surface area contributed by atoms with Gasteiger partial charge in [0.2, 0.25) is 0 Å². The molecule has 0 unspecified atom stereocenters. The maximum absolute atomic E-state index is 10.4. The average Bonchev–Trinajstić information content (AvgIpc) is 2.69. The Bertz CT molecular complexity index is 519. The molecule has 0 saturated heterocycles. The van der Waals surface area contributed by atoms with Gasteiger partial charge >= 0.3 is 37.7 Å².